The van der Waals surface area contributed by atoms with Crippen molar-refractivity contribution in [3.05, 3.63) is 23.9 Å². The van der Waals surface area contributed by atoms with Gasteiger partial charge in [-0.25, -0.2) is 9.78 Å². The minimum absolute atomic E-state index is 0.114. The molecule has 1 N–H and O–H groups in total. The fourth-order valence-corrected chi connectivity index (χ4v) is 2.38. The summed E-state index contributed by atoms with van der Waals surface area (Å²) in [4.78, 5) is 18.1. The van der Waals surface area contributed by atoms with E-state index in [1.54, 1.807) is 23.2 Å². The van der Waals surface area contributed by atoms with Gasteiger partial charge in [0.15, 0.2) is 0 Å². The zero-order valence-corrected chi connectivity index (χ0v) is 13.3. The van der Waals surface area contributed by atoms with Crippen LogP contribution in [-0.4, -0.2) is 40.7 Å². The largest absolute Gasteiger partial charge is 0.444 e. The van der Waals surface area contributed by atoms with Gasteiger partial charge >= 0.3 is 6.09 Å². The van der Waals surface area contributed by atoms with Gasteiger partial charge in [0.05, 0.1) is 11.6 Å². The van der Waals surface area contributed by atoms with E-state index >= 15 is 0 Å². The van der Waals surface area contributed by atoms with Gasteiger partial charge < -0.3 is 15.0 Å². The van der Waals surface area contributed by atoms with Gasteiger partial charge in [0.25, 0.3) is 0 Å². The average Bonchev–Trinajstić information content (AvgIpc) is 2.46. The fourth-order valence-electron chi connectivity index (χ4n) is 2.38. The Bertz CT molecular complexity index is 574. The number of aromatic nitrogens is 1. The van der Waals surface area contributed by atoms with Crippen molar-refractivity contribution in [3.63, 3.8) is 0 Å². The summed E-state index contributed by atoms with van der Waals surface area (Å²) in [7, 11) is 0. The Labute approximate surface area is 131 Å². The first-order chi connectivity index (χ1) is 10.4. The number of hydrogen-bond donors (Lipinski definition) is 1. The van der Waals surface area contributed by atoms with Gasteiger partial charge in [-0.1, -0.05) is 0 Å². The second-order valence-electron chi connectivity index (χ2n) is 6.45. The third kappa shape index (κ3) is 4.62. The number of nitrogens with one attached hydrogen (secondary N) is 1. The molecular weight excluding hydrogens is 280 g/mol. The quantitative estimate of drug-likeness (QED) is 0.908. The molecule has 1 saturated heterocycles. The van der Waals surface area contributed by atoms with Crippen LogP contribution in [0.3, 0.4) is 0 Å². The van der Waals surface area contributed by atoms with Crippen LogP contribution in [-0.2, 0) is 4.74 Å². The summed E-state index contributed by atoms with van der Waals surface area (Å²) in [6.07, 6.45) is 3.19. The first-order valence-corrected chi connectivity index (χ1v) is 7.48. The molecule has 6 heteroatoms. The molecule has 2 rings (SSSR count). The molecule has 0 bridgehead atoms. The van der Waals surface area contributed by atoms with E-state index in [0.29, 0.717) is 24.5 Å². The van der Waals surface area contributed by atoms with Crippen LogP contribution < -0.4 is 5.32 Å². The molecule has 6 nitrogen and oxygen atoms in total. The number of pyridine rings is 1. The van der Waals surface area contributed by atoms with Crippen LogP contribution >= 0.6 is 0 Å². The maximum atomic E-state index is 12.1. The summed E-state index contributed by atoms with van der Waals surface area (Å²) >= 11 is 0. The molecule has 118 valence electrons. The van der Waals surface area contributed by atoms with Crippen molar-refractivity contribution in [1.29, 1.82) is 5.26 Å². The van der Waals surface area contributed by atoms with Crippen molar-refractivity contribution in [2.24, 2.45) is 0 Å². The Kier molecular flexibility index (Phi) is 4.86. The highest BCUT2D eigenvalue weighted by Crippen LogP contribution is 2.18. The number of hydrogen-bond acceptors (Lipinski definition) is 5. The zero-order chi connectivity index (χ0) is 16.2. The minimum Gasteiger partial charge on any atom is -0.444 e. The Balaban J connectivity index is 1.96. The van der Waals surface area contributed by atoms with Gasteiger partial charge in [-0.3, -0.25) is 0 Å². The molecule has 22 heavy (non-hydrogen) atoms. The van der Waals surface area contributed by atoms with Crippen LogP contribution in [0.25, 0.3) is 0 Å². The molecule has 1 amide bonds. The average molecular weight is 302 g/mol. The van der Waals surface area contributed by atoms with Crippen molar-refractivity contribution < 1.29 is 9.53 Å². The van der Waals surface area contributed by atoms with E-state index in [2.05, 4.69) is 16.4 Å². The van der Waals surface area contributed by atoms with Gasteiger partial charge in [-0.15, -0.1) is 0 Å². The van der Waals surface area contributed by atoms with E-state index in [1.165, 1.54) is 0 Å². The van der Waals surface area contributed by atoms with Crippen molar-refractivity contribution in [3.8, 4) is 6.07 Å². The fraction of sp³-hybridized carbons (Fsp3) is 0.562. The zero-order valence-electron chi connectivity index (χ0n) is 13.3. The predicted octanol–water partition coefficient (Wildman–Crippen LogP) is 2.76. The van der Waals surface area contributed by atoms with E-state index in [0.717, 1.165) is 12.8 Å². The smallest absolute Gasteiger partial charge is 0.410 e. The molecule has 0 radical (unpaired) electrons. The number of nitrogens with zero attached hydrogens (tertiary/aromatic N) is 3. The van der Waals surface area contributed by atoms with Gasteiger partial charge in [0, 0.05) is 25.3 Å². The van der Waals surface area contributed by atoms with E-state index in [1.807, 2.05) is 20.8 Å². The van der Waals surface area contributed by atoms with E-state index in [9.17, 15) is 4.79 Å². The number of piperidine rings is 1. The molecule has 0 saturated carbocycles. The highest BCUT2D eigenvalue weighted by atomic mass is 16.6. The van der Waals surface area contributed by atoms with E-state index in [-0.39, 0.29) is 12.1 Å². The summed E-state index contributed by atoms with van der Waals surface area (Å²) < 4.78 is 5.41. The highest BCUT2D eigenvalue weighted by Gasteiger charge is 2.27. The second-order valence-corrected chi connectivity index (χ2v) is 6.45. The summed E-state index contributed by atoms with van der Waals surface area (Å²) in [6, 6.07) is 5.59. The van der Waals surface area contributed by atoms with Crippen molar-refractivity contribution in [2.75, 3.05) is 18.4 Å². The van der Waals surface area contributed by atoms with E-state index in [4.69, 9.17) is 10.00 Å². The Morgan fingerprint density at radius 3 is 3.00 bits per heavy atom. The molecule has 1 fully saturated rings. The third-order valence-electron chi connectivity index (χ3n) is 3.31. The summed E-state index contributed by atoms with van der Waals surface area (Å²) in [5.74, 6) is 0.662. The van der Waals surface area contributed by atoms with Crippen LogP contribution in [0, 0.1) is 11.3 Å². The lowest BCUT2D eigenvalue weighted by atomic mass is 10.1. The first kappa shape index (κ1) is 16.1. The number of anilines is 1. The SMILES string of the molecule is CC(C)(C)OC(=O)N1CCCC(Nc2cc(C#N)ccn2)C1. The lowest BCUT2D eigenvalue weighted by Crippen LogP contribution is -2.47. The molecule has 0 aromatic carbocycles. The van der Waals surface area contributed by atoms with Crippen molar-refractivity contribution >= 4 is 11.9 Å². The summed E-state index contributed by atoms with van der Waals surface area (Å²) in [5, 5.41) is 12.2. The van der Waals surface area contributed by atoms with Crippen LogP contribution in [0.4, 0.5) is 10.6 Å². The molecule has 2 heterocycles. The Hall–Kier alpha value is -2.29. The van der Waals surface area contributed by atoms with Gasteiger partial charge in [-0.2, -0.15) is 5.26 Å². The number of likely N-dealkylation sites (tertiary alicyclic amines) is 1. The topological polar surface area (TPSA) is 78.2 Å². The highest BCUT2D eigenvalue weighted by molar-refractivity contribution is 5.68. The number of rotatable bonds is 2. The lowest BCUT2D eigenvalue weighted by molar-refractivity contribution is 0.0206. The van der Waals surface area contributed by atoms with Gasteiger partial charge in [-0.05, 0) is 45.7 Å². The summed E-state index contributed by atoms with van der Waals surface area (Å²) in [6.45, 7) is 6.87. The maximum Gasteiger partial charge on any atom is 0.410 e. The molecule has 1 unspecified atom stereocenters. The van der Waals surface area contributed by atoms with Crippen molar-refractivity contribution in [2.45, 2.75) is 45.3 Å². The molecule has 1 aromatic rings. The van der Waals surface area contributed by atoms with Gasteiger partial charge in [0.1, 0.15) is 11.4 Å². The van der Waals surface area contributed by atoms with Crippen LogP contribution in [0.5, 0.6) is 0 Å². The van der Waals surface area contributed by atoms with Crippen molar-refractivity contribution in [1.82, 2.24) is 9.88 Å². The number of carbonyl (C=O) groups is 1. The third-order valence-corrected chi connectivity index (χ3v) is 3.31. The van der Waals surface area contributed by atoms with E-state index < -0.39 is 5.60 Å². The van der Waals surface area contributed by atoms with Crippen LogP contribution in [0.1, 0.15) is 39.2 Å². The molecule has 1 aliphatic heterocycles. The number of carbonyl (C=O) groups excluding carboxylic acids is 1. The standard InChI is InChI=1S/C16H22N4O2/c1-16(2,3)22-15(21)20-8-4-5-13(11-20)19-14-9-12(10-17)6-7-18-14/h6-7,9,13H,4-5,8,11H2,1-3H3,(H,18,19). The van der Waals surface area contributed by atoms with Gasteiger partial charge in [0.2, 0.25) is 0 Å². The maximum absolute atomic E-state index is 12.1. The first-order valence-electron chi connectivity index (χ1n) is 7.48. The second kappa shape index (κ2) is 6.65. The normalized spacial score (nSPS) is 18.5. The van der Waals surface area contributed by atoms with Crippen LogP contribution in [0.2, 0.25) is 0 Å². The number of amides is 1. The molecule has 0 aliphatic carbocycles. The monoisotopic (exact) mass is 302 g/mol. The predicted molar refractivity (Wildman–Crippen MR) is 83.4 cm³/mol. The summed E-state index contributed by atoms with van der Waals surface area (Å²) in [5.41, 5.74) is 0.0810. The number of nitriles is 1. The Morgan fingerprint density at radius 1 is 1.55 bits per heavy atom. The molecule has 1 aromatic heterocycles. The molecule has 0 spiro atoms. The Morgan fingerprint density at radius 2 is 2.32 bits per heavy atom. The van der Waals surface area contributed by atoms with Crippen LogP contribution in [0.15, 0.2) is 18.3 Å². The molecular formula is C16H22N4O2. The minimum atomic E-state index is -0.486. The lowest BCUT2D eigenvalue weighted by Gasteiger charge is -2.34. The number of ether oxygens (including phenoxy) is 1. The molecule has 1 aliphatic rings. The molecule has 1 atom stereocenters.